The van der Waals surface area contributed by atoms with Crippen molar-refractivity contribution in [1.82, 2.24) is 5.32 Å². The van der Waals surface area contributed by atoms with Crippen LogP contribution >= 0.6 is 11.6 Å². The average Bonchev–Trinajstić information content (AvgIpc) is 2.38. The first-order valence-electron chi connectivity index (χ1n) is 5.96. The molecule has 0 heterocycles. The topological polar surface area (TPSA) is 52.5 Å². The predicted molar refractivity (Wildman–Crippen MR) is 72.3 cm³/mol. The largest absolute Gasteiger partial charge is 0.395 e. The summed E-state index contributed by atoms with van der Waals surface area (Å²) in [6, 6.07) is 6.62. The molecule has 1 aromatic carbocycles. The molecule has 3 N–H and O–H groups in total. The molecular weight excluding hydrogens is 238 g/mol. The minimum Gasteiger partial charge on any atom is -0.395 e. The van der Waals surface area contributed by atoms with Crippen molar-refractivity contribution in [2.75, 3.05) is 13.2 Å². The van der Waals surface area contributed by atoms with Crippen molar-refractivity contribution in [1.29, 1.82) is 0 Å². The Morgan fingerprint density at radius 1 is 1.24 bits per heavy atom. The van der Waals surface area contributed by atoms with Crippen LogP contribution in [0.5, 0.6) is 0 Å². The van der Waals surface area contributed by atoms with E-state index in [9.17, 15) is 5.11 Å². The molecule has 0 saturated carbocycles. The highest BCUT2D eigenvalue weighted by Gasteiger charge is 2.18. The Labute approximate surface area is 108 Å². The summed E-state index contributed by atoms with van der Waals surface area (Å²) in [6.07, 6.45) is -0.716. The number of aliphatic hydroxyl groups is 2. The molecule has 0 aliphatic heterocycles. The smallest absolute Gasteiger partial charge is 0.0965 e. The Kier molecular flexibility index (Phi) is 9.09. The highest BCUT2D eigenvalue weighted by molar-refractivity contribution is 6.30. The molecule has 2 unspecified atom stereocenters. The van der Waals surface area contributed by atoms with Crippen LogP contribution in [-0.4, -0.2) is 29.4 Å². The van der Waals surface area contributed by atoms with Crippen LogP contribution in [-0.2, 0) is 0 Å². The van der Waals surface area contributed by atoms with E-state index in [0.29, 0.717) is 11.6 Å². The van der Waals surface area contributed by atoms with Crippen LogP contribution in [0.4, 0.5) is 0 Å². The predicted octanol–water partition coefficient (Wildman–Crippen LogP) is 2.37. The molecule has 0 amide bonds. The van der Waals surface area contributed by atoms with Gasteiger partial charge in [0.25, 0.3) is 0 Å². The van der Waals surface area contributed by atoms with E-state index in [0.717, 1.165) is 5.56 Å². The van der Waals surface area contributed by atoms with Gasteiger partial charge in [0, 0.05) is 5.02 Å². The second-order valence-electron chi connectivity index (χ2n) is 3.34. The van der Waals surface area contributed by atoms with Crippen molar-refractivity contribution in [2.24, 2.45) is 0 Å². The number of likely N-dealkylation sites (N-methyl/N-ethyl adjacent to an activating group) is 1. The van der Waals surface area contributed by atoms with Crippen LogP contribution in [0.1, 0.15) is 32.4 Å². The summed E-state index contributed by atoms with van der Waals surface area (Å²) in [5.74, 6) is 0. The van der Waals surface area contributed by atoms with Crippen LogP contribution in [0.2, 0.25) is 5.02 Å². The zero-order valence-electron chi connectivity index (χ0n) is 10.7. The SMILES string of the molecule is CC.CCNC(CO)C(O)c1ccc(Cl)cc1. The van der Waals surface area contributed by atoms with Gasteiger partial charge < -0.3 is 15.5 Å². The van der Waals surface area contributed by atoms with Crippen molar-refractivity contribution in [3.05, 3.63) is 34.9 Å². The molecular formula is C13H22ClNO2. The van der Waals surface area contributed by atoms with Crippen LogP contribution < -0.4 is 5.32 Å². The molecule has 1 rings (SSSR count). The molecule has 0 saturated heterocycles. The zero-order valence-corrected chi connectivity index (χ0v) is 11.4. The number of rotatable bonds is 5. The molecule has 0 aliphatic rings. The number of aliphatic hydroxyl groups excluding tert-OH is 2. The van der Waals surface area contributed by atoms with E-state index in [1.54, 1.807) is 24.3 Å². The van der Waals surface area contributed by atoms with Crippen molar-refractivity contribution in [2.45, 2.75) is 32.9 Å². The van der Waals surface area contributed by atoms with Gasteiger partial charge in [-0.2, -0.15) is 0 Å². The molecule has 0 aromatic heterocycles. The molecule has 98 valence electrons. The van der Waals surface area contributed by atoms with Crippen LogP contribution in [0.3, 0.4) is 0 Å². The molecule has 2 atom stereocenters. The van der Waals surface area contributed by atoms with Gasteiger partial charge in [0.1, 0.15) is 0 Å². The lowest BCUT2D eigenvalue weighted by Gasteiger charge is -2.21. The highest BCUT2D eigenvalue weighted by atomic mass is 35.5. The average molecular weight is 260 g/mol. The number of nitrogens with one attached hydrogen (secondary N) is 1. The van der Waals surface area contributed by atoms with E-state index < -0.39 is 6.10 Å². The lowest BCUT2D eigenvalue weighted by atomic mass is 10.0. The maximum atomic E-state index is 9.94. The van der Waals surface area contributed by atoms with Gasteiger partial charge in [-0.1, -0.05) is 44.5 Å². The van der Waals surface area contributed by atoms with E-state index in [-0.39, 0.29) is 12.6 Å². The second-order valence-corrected chi connectivity index (χ2v) is 3.78. The first kappa shape index (κ1) is 16.4. The fraction of sp³-hybridized carbons (Fsp3) is 0.538. The van der Waals surface area contributed by atoms with E-state index >= 15 is 0 Å². The minimum absolute atomic E-state index is 0.0996. The molecule has 3 nitrogen and oxygen atoms in total. The summed E-state index contributed by atoms with van der Waals surface area (Å²) in [4.78, 5) is 0. The van der Waals surface area contributed by atoms with Gasteiger partial charge in [-0.3, -0.25) is 0 Å². The maximum Gasteiger partial charge on any atom is 0.0965 e. The summed E-state index contributed by atoms with van der Waals surface area (Å²) >= 11 is 5.74. The molecule has 0 aliphatic carbocycles. The van der Waals surface area contributed by atoms with Crippen molar-refractivity contribution < 1.29 is 10.2 Å². The van der Waals surface area contributed by atoms with Crippen LogP contribution in [0.15, 0.2) is 24.3 Å². The van der Waals surface area contributed by atoms with Gasteiger partial charge in [0.15, 0.2) is 0 Å². The molecule has 0 spiro atoms. The van der Waals surface area contributed by atoms with Gasteiger partial charge in [-0.25, -0.2) is 0 Å². The Balaban J connectivity index is 0.00000121. The second kappa shape index (κ2) is 9.42. The Bertz CT molecular complexity index is 290. The lowest BCUT2D eigenvalue weighted by molar-refractivity contribution is 0.0911. The normalized spacial score (nSPS) is 13.5. The fourth-order valence-electron chi connectivity index (χ4n) is 1.43. The highest BCUT2D eigenvalue weighted by Crippen LogP contribution is 2.19. The summed E-state index contributed by atoms with van der Waals surface area (Å²) in [5, 5.41) is 22.7. The fourth-order valence-corrected chi connectivity index (χ4v) is 1.56. The minimum atomic E-state index is -0.716. The van der Waals surface area contributed by atoms with E-state index in [4.69, 9.17) is 16.7 Å². The van der Waals surface area contributed by atoms with Gasteiger partial charge >= 0.3 is 0 Å². The number of halogens is 1. The van der Waals surface area contributed by atoms with Gasteiger partial charge in [-0.15, -0.1) is 0 Å². The summed E-state index contributed by atoms with van der Waals surface area (Å²) < 4.78 is 0. The molecule has 0 bridgehead atoms. The molecule has 0 fully saturated rings. The van der Waals surface area contributed by atoms with E-state index in [1.165, 1.54) is 0 Å². The summed E-state index contributed by atoms with van der Waals surface area (Å²) in [7, 11) is 0. The third-order valence-corrected chi connectivity index (χ3v) is 2.51. The Morgan fingerprint density at radius 2 is 1.76 bits per heavy atom. The number of hydrogen-bond acceptors (Lipinski definition) is 3. The van der Waals surface area contributed by atoms with Crippen molar-refractivity contribution in [3.8, 4) is 0 Å². The molecule has 0 radical (unpaired) electrons. The number of hydrogen-bond donors (Lipinski definition) is 3. The third kappa shape index (κ3) is 5.50. The third-order valence-electron chi connectivity index (χ3n) is 2.26. The van der Waals surface area contributed by atoms with E-state index in [2.05, 4.69) is 5.32 Å². The monoisotopic (exact) mass is 259 g/mol. The first-order valence-corrected chi connectivity index (χ1v) is 6.34. The maximum absolute atomic E-state index is 9.94. The van der Waals surface area contributed by atoms with E-state index in [1.807, 2.05) is 20.8 Å². The summed E-state index contributed by atoms with van der Waals surface area (Å²) in [6.45, 7) is 6.53. The van der Waals surface area contributed by atoms with Gasteiger partial charge in [-0.05, 0) is 24.2 Å². The van der Waals surface area contributed by atoms with Gasteiger partial charge in [0.2, 0.25) is 0 Å². The van der Waals surface area contributed by atoms with Crippen molar-refractivity contribution in [3.63, 3.8) is 0 Å². The molecule has 4 heteroatoms. The first-order chi connectivity index (χ1) is 8.19. The molecule has 17 heavy (non-hydrogen) atoms. The lowest BCUT2D eigenvalue weighted by Crippen LogP contribution is -2.37. The standard InChI is InChI=1S/C11H16ClNO2.C2H6/c1-2-13-10(7-14)11(15)8-3-5-9(12)6-4-8;1-2/h3-6,10-11,13-15H,2,7H2,1H3;1-2H3. The summed E-state index contributed by atoms with van der Waals surface area (Å²) in [5.41, 5.74) is 0.749. The van der Waals surface area contributed by atoms with Crippen LogP contribution in [0, 0.1) is 0 Å². The molecule has 1 aromatic rings. The Morgan fingerprint density at radius 3 is 2.18 bits per heavy atom. The zero-order chi connectivity index (χ0) is 13.3. The van der Waals surface area contributed by atoms with Crippen molar-refractivity contribution >= 4 is 11.6 Å². The van der Waals surface area contributed by atoms with Crippen LogP contribution in [0.25, 0.3) is 0 Å². The van der Waals surface area contributed by atoms with Gasteiger partial charge in [0.05, 0.1) is 18.8 Å². The number of benzene rings is 1. The quantitative estimate of drug-likeness (QED) is 0.761. The Hall–Kier alpha value is -0.610.